The minimum Gasteiger partial charge on any atom is -0.0838 e. The van der Waals surface area contributed by atoms with Gasteiger partial charge in [0.2, 0.25) is 0 Å². The molecule has 0 rings (SSSR count). The second kappa shape index (κ2) is 3.05. The maximum absolute atomic E-state index is 6.36. The molecule has 0 nitrogen and oxygen atoms in total. The van der Waals surface area contributed by atoms with Gasteiger partial charge in [0.25, 0.3) is 0 Å². The molecule has 0 unspecified atom stereocenters. The van der Waals surface area contributed by atoms with Crippen molar-refractivity contribution in [2.45, 2.75) is 51.9 Å². The molecule has 0 saturated carbocycles. The van der Waals surface area contributed by atoms with E-state index < -0.39 is 5.97 Å². The number of hydrogen-bond acceptors (Lipinski definition) is 0. The molecule has 0 amide bonds. The first-order chi connectivity index (χ1) is 4.50. The van der Waals surface area contributed by atoms with E-state index in [1.807, 2.05) is 0 Å². The molecule has 0 atom stereocenters. The van der Waals surface area contributed by atoms with Gasteiger partial charge in [0.05, 0.1) is 5.97 Å². The van der Waals surface area contributed by atoms with Crippen LogP contribution in [0.1, 0.15) is 41.5 Å². The van der Waals surface area contributed by atoms with Crippen molar-refractivity contribution in [2.75, 3.05) is 0 Å². The van der Waals surface area contributed by atoms with Gasteiger partial charge in [-0.1, -0.05) is 64.0 Å². The molecule has 0 aromatic rings. The molecule has 0 aromatic heterocycles. The van der Waals surface area contributed by atoms with Crippen molar-refractivity contribution in [3.8, 4) is 0 Å². The van der Waals surface area contributed by atoms with Gasteiger partial charge in [-0.3, -0.25) is 0 Å². The fraction of sp³-hybridized carbons (Fsp3) is 1.00. The van der Waals surface area contributed by atoms with Crippen LogP contribution in [0.4, 0.5) is 0 Å². The lowest BCUT2D eigenvalue weighted by molar-refractivity contribution is 0.714. The predicted octanol–water partition coefficient (Wildman–Crippen LogP) is 4.91. The summed E-state index contributed by atoms with van der Waals surface area (Å²) in [5, 5.41) is 0.0444. The topological polar surface area (TPSA) is 0 Å². The van der Waals surface area contributed by atoms with E-state index in [9.17, 15) is 0 Å². The van der Waals surface area contributed by atoms with Gasteiger partial charge in [-0.2, -0.15) is 0 Å². The molecule has 0 fully saturated rings. The van der Waals surface area contributed by atoms with E-state index in [0.717, 1.165) is 0 Å². The lowest BCUT2D eigenvalue weighted by Crippen LogP contribution is -2.26. The largest absolute Gasteiger partial charge is 0.0838 e. The van der Waals surface area contributed by atoms with Crippen LogP contribution in [0.25, 0.3) is 0 Å². The molecule has 0 aliphatic rings. The van der Waals surface area contributed by atoms with Gasteiger partial charge in [-0.05, 0) is 0 Å². The van der Waals surface area contributed by atoms with Crippen molar-refractivity contribution in [3.63, 3.8) is 0 Å². The molecule has 0 saturated heterocycles. The van der Waals surface area contributed by atoms with Crippen molar-refractivity contribution in [1.82, 2.24) is 0 Å². The number of halogens is 2. The van der Waals surface area contributed by atoms with Crippen LogP contribution in [-0.2, 0) is 0 Å². The molecular formula is C8H18Cl2P. The molecule has 0 aromatic carbocycles. The number of rotatable bonds is 0. The van der Waals surface area contributed by atoms with Gasteiger partial charge in [-0.15, -0.1) is 0 Å². The summed E-state index contributed by atoms with van der Waals surface area (Å²) in [5.41, 5.74) is 0. The standard InChI is InChI=1S/C8H18Cl2P/c1-7(2,3)11(9,10)8(4,5)6/h1-6H3. The van der Waals surface area contributed by atoms with Crippen LogP contribution in [0.15, 0.2) is 0 Å². The Morgan fingerprint density at radius 1 is 0.727 bits per heavy atom. The van der Waals surface area contributed by atoms with Crippen molar-refractivity contribution in [3.05, 3.63) is 0 Å². The van der Waals surface area contributed by atoms with Crippen LogP contribution >= 0.6 is 28.4 Å². The van der Waals surface area contributed by atoms with E-state index in [0.29, 0.717) is 0 Å². The van der Waals surface area contributed by atoms with Crippen molar-refractivity contribution >= 4 is 28.4 Å². The average Bonchev–Trinajstić information content (AvgIpc) is 1.58. The second-order valence-corrected chi connectivity index (χ2v) is 12.1. The highest BCUT2D eigenvalue weighted by Crippen LogP contribution is 2.84. The van der Waals surface area contributed by atoms with E-state index in [1.54, 1.807) is 0 Å². The summed E-state index contributed by atoms with van der Waals surface area (Å²) in [4.78, 5) is 0. The van der Waals surface area contributed by atoms with Gasteiger partial charge in [0.15, 0.2) is 0 Å². The highest BCUT2D eigenvalue weighted by Gasteiger charge is 2.45. The first-order valence-corrected chi connectivity index (χ1v) is 7.38. The zero-order chi connectivity index (χ0) is 9.50. The normalized spacial score (nSPS) is 15.3. The Hall–Kier alpha value is 1.01. The maximum Gasteiger partial charge on any atom is 0.0515 e. The van der Waals surface area contributed by atoms with Gasteiger partial charge in [-0.25, -0.2) is 0 Å². The monoisotopic (exact) mass is 215 g/mol. The fourth-order valence-electron chi connectivity index (χ4n) is 1.01. The smallest absolute Gasteiger partial charge is 0.0515 e. The SMILES string of the molecule is CC(C)(C)[P](Cl)(Cl)C(C)(C)C. The minimum atomic E-state index is -1.87. The third-order valence-electron chi connectivity index (χ3n) is 1.69. The van der Waals surface area contributed by atoms with Crippen LogP contribution in [0, 0.1) is 0 Å². The predicted molar refractivity (Wildman–Crippen MR) is 58.1 cm³/mol. The van der Waals surface area contributed by atoms with E-state index >= 15 is 0 Å². The second-order valence-electron chi connectivity index (χ2n) is 4.86. The van der Waals surface area contributed by atoms with Crippen molar-refractivity contribution in [2.24, 2.45) is 0 Å². The third kappa shape index (κ3) is 2.47. The highest BCUT2D eigenvalue weighted by molar-refractivity contribution is 8.19. The highest BCUT2D eigenvalue weighted by atomic mass is 35.9. The summed E-state index contributed by atoms with van der Waals surface area (Å²) in [5.74, 6) is -1.87. The van der Waals surface area contributed by atoms with Crippen LogP contribution < -0.4 is 0 Å². The molecule has 0 heterocycles. The van der Waals surface area contributed by atoms with Crippen LogP contribution in [0.5, 0.6) is 0 Å². The molecule has 0 bridgehead atoms. The van der Waals surface area contributed by atoms with Crippen LogP contribution in [0.3, 0.4) is 0 Å². The lowest BCUT2D eigenvalue weighted by atomic mass is 10.2. The minimum absolute atomic E-state index is 0.0222. The Bertz CT molecular complexity index is 123. The molecule has 11 heavy (non-hydrogen) atoms. The van der Waals surface area contributed by atoms with Gasteiger partial charge >= 0.3 is 0 Å². The van der Waals surface area contributed by atoms with E-state index in [1.165, 1.54) is 0 Å². The van der Waals surface area contributed by atoms with Crippen molar-refractivity contribution < 1.29 is 0 Å². The summed E-state index contributed by atoms with van der Waals surface area (Å²) >= 11 is 12.7. The Balaban J connectivity index is 4.75. The molecule has 0 aliphatic heterocycles. The maximum atomic E-state index is 6.36. The molecule has 0 spiro atoms. The molecule has 3 heteroatoms. The first-order valence-electron chi connectivity index (χ1n) is 3.79. The summed E-state index contributed by atoms with van der Waals surface area (Å²) in [6.45, 7) is 12.6. The molecule has 69 valence electrons. The van der Waals surface area contributed by atoms with Crippen molar-refractivity contribution in [1.29, 1.82) is 0 Å². The van der Waals surface area contributed by atoms with Gasteiger partial charge in [0, 0.05) is 10.3 Å². The van der Waals surface area contributed by atoms with E-state index in [2.05, 4.69) is 41.5 Å². The van der Waals surface area contributed by atoms with Gasteiger partial charge < -0.3 is 0 Å². The molecule has 1 radical (unpaired) electrons. The Morgan fingerprint density at radius 2 is 0.909 bits per heavy atom. The summed E-state index contributed by atoms with van der Waals surface area (Å²) in [7, 11) is 0. The zero-order valence-corrected chi connectivity index (χ0v) is 10.6. The third-order valence-corrected chi connectivity index (χ3v) is 11.1. The van der Waals surface area contributed by atoms with E-state index in [4.69, 9.17) is 22.5 Å². The summed E-state index contributed by atoms with van der Waals surface area (Å²) in [6, 6.07) is 0. The quantitative estimate of drug-likeness (QED) is 0.504. The van der Waals surface area contributed by atoms with E-state index in [-0.39, 0.29) is 10.3 Å². The molecule has 0 aliphatic carbocycles. The first kappa shape index (κ1) is 12.0. The summed E-state index contributed by atoms with van der Waals surface area (Å²) < 4.78 is 0. The van der Waals surface area contributed by atoms with Crippen LogP contribution in [0.2, 0.25) is 0 Å². The Labute approximate surface area is 80.6 Å². The average molecular weight is 216 g/mol. The zero-order valence-electron chi connectivity index (χ0n) is 8.20. The van der Waals surface area contributed by atoms with Crippen LogP contribution in [-0.4, -0.2) is 10.3 Å². The molecule has 0 N–H and O–H groups in total. The summed E-state index contributed by atoms with van der Waals surface area (Å²) in [6.07, 6.45) is 0. The fourth-order valence-corrected chi connectivity index (χ4v) is 3.02. The lowest BCUT2D eigenvalue weighted by Gasteiger charge is -2.45. The number of hydrogen-bond donors (Lipinski definition) is 0. The Kier molecular flexibility index (Phi) is 3.33. The van der Waals surface area contributed by atoms with Gasteiger partial charge in [0.1, 0.15) is 0 Å². The Morgan fingerprint density at radius 3 is 0.909 bits per heavy atom. The molecular weight excluding hydrogens is 198 g/mol.